The Bertz CT molecular complexity index is 881. The molecule has 3 heterocycles. The number of carboxylic acid groups (broad SMARTS) is 1. The van der Waals surface area contributed by atoms with E-state index in [4.69, 9.17) is 0 Å². The van der Waals surface area contributed by atoms with Crippen LogP contribution in [0.1, 0.15) is 50.7 Å². The maximum atomic E-state index is 12.7. The number of hydrogen-bond donors (Lipinski definition) is 2. The topological polar surface area (TPSA) is 87.5 Å². The SMILES string of the molecule is CC(C)Cn1cc(-c2ccc(C(=O)NC3CC(C(C)(C)C)N(C(=O)O)C3)s2)cn1. The lowest BCUT2D eigenvalue weighted by Gasteiger charge is -2.32. The fraction of sp³-hybridized carbons (Fsp3) is 0.571. The predicted octanol–water partition coefficient (Wildman–Crippen LogP) is 4.16. The average molecular weight is 419 g/mol. The van der Waals surface area contributed by atoms with Crippen molar-refractivity contribution < 1.29 is 14.7 Å². The Balaban J connectivity index is 1.66. The predicted molar refractivity (Wildman–Crippen MR) is 114 cm³/mol. The quantitative estimate of drug-likeness (QED) is 0.763. The fourth-order valence-corrected chi connectivity index (χ4v) is 4.69. The molecule has 2 aromatic rings. The zero-order chi connectivity index (χ0) is 21.3. The van der Waals surface area contributed by atoms with E-state index in [9.17, 15) is 14.7 Å². The van der Waals surface area contributed by atoms with Gasteiger partial charge >= 0.3 is 6.09 Å². The molecule has 2 atom stereocenters. The highest BCUT2D eigenvalue weighted by molar-refractivity contribution is 7.17. The summed E-state index contributed by atoms with van der Waals surface area (Å²) in [6.45, 7) is 11.6. The van der Waals surface area contributed by atoms with Gasteiger partial charge in [-0.25, -0.2) is 4.79 Å². The molecule has 1 fully saturated rings. The number of nitrogens with zero attached hydrogens (tertiary/aromatic N) is 3. The smallest absolute Gasteiger partial charge is 0.407 e. The summed E-state index contributed by atoms with van der Waals surface area (Å²) in [5, 5.41) is 16.9. The molecular weight excluding hydrogens is 388 g/mol. The summed E-state index contributed by atoms with van der Waals surface area (Å²) in [5.41, 5.74) is 0.824. The minimum atomic E-state index is -0.932. The van der Waals surface area contributed by atoms with Gasteiger partial charge in [0.2, 0.25) is 0 Å². The van der Waals surface area contributed by atoms with Gasteiger partial charge in [-0.05, 0) is 29.9 Å². The molecular formula is C21H30N4O3S. The van der Waals surface area contributed by atoms with Crippen LogP contribution in [0.4, 0.5) is 4.79 Å². The van der Waals surface area contributed by atoms with Crippen LogP contribution in [0.5, 0.6) is 0 Å². The number of carbonyl (C=O) groups is 2. The zero-order valence-electron chi connectivity index (χ0n) is 17.7. The van der Waals surface area contributed by atoms with Gasteiger partial charge in [0.05, 0.1) is 11.1 Å². The van der Waals surface area contributed by atoms with Gasteiger partial charge < -0.3 is 15.3 Å². The van der Waals surface area contributed by atoms with Crippen molar-refractivity contribution in [3.8, 4) is 10.4 Å². The first-order valence-electron chi connectivity index (χ1n) is 9.97. The molecule has 2 aromatic heterocycles. The first kappa shape index (κ1) is 21.4. The fourth-order valence-electron chi connectivity index (χ4n) is 3.81. The number of aromatic nitrogens is 2. The molecule has 29 heavy (non-hydrogen) atoms. The van der Waals surface area contributed by atoms with Gasteiger partial charge in [-0.3, -0.25) is 9.48 Å². The van der Waals surface area contributed by atoms with Gasteiger partial charge in [0.15, 0.2) is 0 Å². The second-order valence-corrected chi connectivity index (χ2v) is 10.3. The van der Waals surface area contributed by atoms with Gasteiger partial charge in [0, 0.05) is 41.8 Å². The molecule has 0 aromatic carbocycles. The van der Waals surface area contributed by atoms with Crippen LogP contribution >= 0.6 is 11.3 Å². The molecule has 158 valence electrons. The maximum absolute atomic E-state index is 12.7. The molecule has 0 aliphatic carbocycles. The summed E-state index contributed by atoms with van der Waals surface area (Å²) < 4.78 is 1.92. The normalized spacial score (nSPS) is 19.7. The highest BCUT2D eigenvalue weighted by atomic mass is 32.1. The van der Waals surface area contributed by atoms with E-state index >= 15 is 0 Å². The van der Waals surface area contributed by atoms with Crippen LogP contribution in [-0.4, -0.2) is 50.4 Å². The third kappa shape index (κ3) is 4.98. The summed E-state index contributed by atoms with van der Waals surface area (Å²) in [4.78, 5) is 27.4. The molecule has 2 unspecified atom stereocenters. The molecule has 2 amide bonds. The first-order valence-corrected chi connectivity index (χ1v) is 10.8. The van der Waals surface area contributed by atoms with Crippen molar-refractivity contribution in [3.63, 3.8) is 0 Å². The van der Waals surface area contributed by atoms with Gasteiger partial charge in [0.25, 0.3) is 5.91 Å². The molecule has 1 aliphatic heterocycles. The Morgan fingerprint density at radius 1 is 1.34 bits per heavy atom. The summed E-state index contributed by atoms with van der Waals surface area (Å²) >= 11 is 1.43. The summed E-state index contributed by atoms with van der Waals surface area (Å²) in [5.74, 6) is 0.363. The third-order valence-corrected chi connectivity index (χ3v) is 6.31. The van der Waals surface area contributed by atoms with Crippen LogP contribution in [0, 0.1) is 11.3 Å². The second kappa shape index (κ2) is 8.18. The largest absolute Gasteiger partial charge is 0.465 e. The maximum Gasteiger partial charge on any atom is 0.407 e. The Morgan fingerprint density at radius 2 is 2.07 bits per heavy atom. The Kier molecular flexibility index (Phi) is 6.03. The lowest BCUT2D eigenvalue weighted by Crippen LogP contribution is -2.42. The third-order valence-electron chi connectivity index (χ3n) is 5.18. The van der Waals surface area contributed by atoms with Crippen molar-refractivity contribution in [2.45, 2.75) is 59.7 Å². The average Bonchev–Trinajstić information content (AvgIpc) is 3.31. The van der Waals surface area contributed by atoms with Crippen LogP contribution < -0.4 is 5.32 Å². The van der Waals surface area contributed by atoms with Crippen molar-refractivity contribution in [2.24, 2.45) is 11.3 Å². The first-order chi connectivity index (χ1) is 13.5. The van der Waals surface area contributed by atoms with Crippen molar-refractivity contribution >= 4 is 23.3 Å². The highest BCUT2D eigenvalue weighted by Gasteiger charge is 2.42. The number of likely N-dealkylation sites (tertiary alicyclic amines) is 1. The van der Waals surface area contributed by atoms with Gasteiger partial charge in [-0.2, -0.15) is 5.10 Å². The molecule has 3 rings (SSSR count). The van der Waals surface area contributed by atoms with E-state index in [1.54, 1.807) is 0 Å². The van der Waals surface area contributed by atoms with Crippen molar-refractivity contribution in [1.82, 2.24) is 20.0 Å². The van der Waals surface area contributed by atoms with Gasteiger partial charge in [-0.15, -0.1) is 11.3 Å². The molecule has 8 heteroatoms. The monoisotopic (exact) mass is 418 g/mol. The molecule has 0 saturated carbocycles. The number of rotatable bonds is 5. The Hall–Kier alpha value is -2.35. The van der Waals surface area contributed by atoms with Crippen LogP contribution in [0.15, 0.2) is 24.5 Å². The van der Waals surface area contributed by atoms with Gasteiger partial charge in [0.1, 0.15) is 0 Å². The molecule has 0 spiro atoms. The lowest BCUT2D eigenvalue weighted by molar-refractivity contribution is 0.0938. The van der Waals surface area contributed by atoms with E-state index in [-0.39, 0.29) is 23.4 Å². The molecule has 2 N–H and O–H groups in total. The van der Waals surface area contributed by atoms with E-state index in [1.807, 2.05) is 50.0 Å². The number of carbonyl (C=O) groups excluding carboxylic acids is 1. The standard InChI is InChI=1S/C21H30N4O3S/c1-13(2)10-24-11-14(9-22-24)16-6-7-17(29-16)19(26)23-15-8-18(21(3,4)5)25(12-15)20(27)28/h6-7,9,11,13,15,18H,8,10,12H2,1-5H3,(H,23,26)(H,27,28). The minimum absolute atomic E-state index is 0.115. The Morgan fingerprint density at radius 3 is 2.66 bits per heavy atom. The number of nitrogens with one attached hydrogen (secondary N) is 1. The van der Waals surface area contributed by atoms with Crippen LogP contribution in [-0.2, 0) is 6.54 Å². The number of amides is 2. The zero-order valence-corrected chi connectivity index (χ0v) is 18.5. The molecule has 1 saturated heterocycles. The van der Waals surface area contributed by atoms with E-state index in [1.165, 1.54) is 16.2 Å². The van der Waals surface area contributed by atoms with Crippen molar-refractivity contribution in [3.05, 3.63) is 29.4 Å². The van der Waals surface area contributed by atoms with Crippen molar-refractivity contribution in [2.75, 3.05) is 6.54 Å². The molecule has 1 aliphatic rings. The summed E-state index contributed by atoms with van der Waals surface area (Å²) in [7, 11) is 0. The molecule has 0 radical (unpaired) electrons. The lowest BCUT2D eigenvalue weighted by atomic mass is 9.85. The van der Waals surface area contributed by atoms with E-state index in [0.29, 0.717) is 23.8 Å². The number of hydrogen-bond acceptors (Lipinski definition) is 4. The highest BCUT2D eigenvalue weighted by Crippen LogP contribution is 2.33. The van der Waals surface area contributed by atoms with E-state index in [2.05, 4.69) is 24.3 Å². The van der Waals surface area contributed by atoms with Gasteiger partial charge in [-0.1, -0.05) is 34.6 Å². The molecule has 0 bridgehead atoms. The van der Waals surface area contributed by atoms with Crippen LogP contribution in [0.25, 0.3) is 10.4 Å². The minimum Gasteiger partial charge on any atom is -0.465 e. The number of thiophene rings is 1. The summed E-state index contributed by atoms with van der Waals surface area (Å²) in [6.07, 6.45) is 3.52. The molecule has 7 nitrogen and oxygen atoms in total. The van der Waals surface area contributed by atoms with E-state index < -0.39 is 6.09 Å². The van der Waals surface area contributed by atoms with Crippen LogP contribution in [0.2, 0.25) is 0 Å². The van der Waals surface area contributed by atoms with Crippen LogP contribution in [0.3, 0.4) is 0 Å². The summed E-state index contributed by atoms with van der Waals surface area (Å²) in [6, 6.07) is 3.46. The second-order valence-electron chi connectivity index (χ2n) is 9.23. The van der Waals surface area contributed by atoms with E-state index in [0.717, 1.165) is 17.0 Å². The van der Waals surface area contributed by atoms with Crippen molar-refractivity contribution in [1.29, 1.82) is 0 Å². The Labute approximate surface area is 175 Å².